The number of piperazine rings is 1. The van der Waals surface area contributed by atoms with Crippen LogP contribution in [0.25, 0.3) is 0 Å². The Bertz CT molecular complexity index is 1200. The lowest BCUT2D eigenvalue weighted by Crippen LogP contribution is -2.51. The summed E-state index contributed by atoms with van der Waals surface area (Å²) in [5.74, 6) is 1.41. The summed E-state index contributed by atoms with van der Waals surface area (Å²) >= 11 is 0. The van der Waals surface area contributed by atoms with Crippen molar-refractivity contribution in [3.8, 4) is 5.75 Å². The van der Waals surface area contributed by atoms with Gasteiger partial charge in [0.2, 0.25) is 15.9 Å². The van der Waals surface area contributed by atoms with Crippen molar-refractivity contribution in [1.82, 2.24) is 14.4 Å². The lowest BCUT2D eigenvalue weighted by molar-refractivity contribution is -0.131. The van der Waals surface area contributed by atoms with E-state index < -0.39 is 10.0 Å². The van der Waals surface area contributed by atoms with E-state index in [-0.39, 0.29) is 18.1 Å². The average Bonchev–Trinajstić information content (AvgIpc) is 3.16. The fraction of sp³-hybridized carbons (Fsp3) is 0.360. The topological polar surface area (TPSA) is 93.0 Å². The number of carbonyl (C=O) groups excluding carboxylic acids is 1. The molecule has 0 atom stereocenters. The molecule has 0 bridgehead atoms. The molecule has 0 unspecified atom stereocenters. The van der Waals surface area contributed by atoms with Crippen LogP contribution in [0.1, 0.15) is 28.1 Å². The number of hydrogen-bond donors (Lipinski definition) is 0. The van der Waals surface area contributed by atoms with E-state index in [2.05, 4.69) is 5.16 Å². The fourth-order valence-electron chi connectivity index (χ4n) is 3.95. The first-order valence-electron chi connectivity index (χ1n) is 11.2. The Balaban J connectivity index is 1.26. The van der Waals surface area contributed by atoms with Gasteiger partial charge in [-0.25, -0.2) is 8.42 Å². The number of hydrogen-bond acceptors (Lipinski definition) is 6. The Hall–Kier alpha value is -3.17. The molecule has 0 aliphatic carbocycles. The van der Waals surface area contributed by atoms with E-state index in [4.69, 9.17) is 9.26 Å². The number of amides is 1. The molecule has 9 heteroatoms. The molecule has 0 radical (unpaired) electrons. The summed E-state index contributed by atoms with van der Waals surface area (Å²) in [6.45, 7) is 5.52. The van der Waals surface area contributed by atoms with Crippen LogP contribution in [-0.2, 0) is 33.6 Å². The van der Waals surface area contributed by atoms with Crippen molar-refractivity contribution in [2.75, 3.05) is 26.2 Å². The minimum Gasteiger partial charge on any atom is -0.489 e. The number of benzene rings is 2. The van der Waals surface area contributed by atoms with Crippen LogP contribution in [0.5, 0.6) is 5.75 Å². The fourth-order valence-corrected chi connectivity index (χ4v) is 5.46. The summed E-state index contributed by atoms with van der Waals surface area (Å²) in [5.41, 5.74) is 3.39. The van der Waals surface area contributed by atoms with Crippen LogP contribution in [0, 0.1) is 13.8 Å². The highest BCUT2D eigenvalue weighted by Crippen LogP contribution is 2.19. The molecule has 8 nitrogen and oxygen atoms in total. The molecule has 0 N–H and O–H groups in total. The molecule has 1 aliphatic rings. The third-order valence-electron chi connectivity index (χ3n) is 6.02. The molecule has 2 heterocycles. The maximum atomic E-state index is 12.8. The van der Waals surface area contributed by atoms with Crippen LogP contribution in [0.4, 0.5) is 0 Å². The number of nitrogens with zero attached hydrogens (tertiary/aromatic N) is 3. The second kappa shape index (κ2) is 10.4. The van der Waals surface area contributed by atoms with Gasteiger partial charge >= 0.3 is 0 Å². The predicted molar refractivity (Wildman–Crippen MR) is 128 cm³/mol. The quantitative estimate of drug-likeness (QED) is 0.489. The van der Waals surface area contributed by atoms with E-state index in [0.29, 0.717) is 38.5 Å². The number of carbonyl (C=O) groups is 1. The largest absolute Gasteiger partial charge is 0.489 e. The molecular formula is C25H29N3O5S. The van der Waals surface area contributed by atoms with Gasteiger partial charge in [0.1, 0.15) is 18.1 Å². The lowest BCUT2D eigenvalue weighted by atomic mass is 10.1. The van der Waals surface area contributed by atoms with Gasteiger partial charge in [0.25, 0.3) is 0 Å². The van der Waals surface area contributed by atoms with Gasteiger partial charge in [-0.3, -0.25) is 4.79 Å². The van der Waals surface area contributed by atoms with Crippen molar-refractivity contribution in [2.45, 2.75) is 32.6 Å². The highest BCUT2D eigenvalue weighted by molar-refractivity contribution is 7.88. The molecule has 1 aliphatic heterocycles. The van der Waals surface area contributed by atoms with Gasteiger partial charge in [-0.05, 0) is 37.1 Å². The Labute approximate surface area is 200 Å². The van der Waals surface area contributed by atoms with E-state index in [1.54, 1.807) is 4.90 Å². The van der Waals surface area contributed by atoms with Gasteiger partial charge in [0.05, 0.1) is 23.4 Å². The molecule has 1 aromatic heterocycles. The number of sulfonamides is 1. The van der Waals surface area contributed by atoms with Gasteiger partial charge in [-0.1, -0.05) is 47.6 Å². The summed E-state index contributed by atoms with van der Waals surface area (Å²) < 4.78 is 37.9. The Kier molecular flexibility index (Phi) is 7.33. The normalized spacial score (nSPS) is 14.8. The van der Waals surface area contributed by atoms with E-state index in [1.165, 1.54) is 4.31 Å². The zero-order valence-corrected chi connectivity index (χ0v) is 20.3. The molecule has 3 aromatic rings. The highest BCUT2D eigenvalue weighted by atomic mass is 32.2. The van der Waals surface area contributed by atoms with Gasteiger partial charge in [-0.2, -0.15) is 4.31 Å². The second-order valence-electron chi connectivity index (χ2n) is 8.43. The SMILES string of the molecule is Cc1noc(C)c1COc1ccc(CC(=O)N2CCN(S(=O)(=O)Cc3ccccc3)CC2)cc1. The number of ether oxygens (including phenoxy) is 1. The zero-order chi connectivity index (χ0) is 24.1. The van der Waals surface area contributed by atoms with E-state index >= 15 is 0 Å². The molecule has 1 fully saturated rings. The highest BCUT2D eigenvalue weighted by Gasteiger charge is 2.28. The van der Waals surface area contributed by atoms with Crippen molar-refractivity contribution in [2.24, 2.45) is 0 Å². The third-order valence-corrected chi connectivity index (χ3v) is 7.87. The lowest BCUT2D eigenvalue weighted by Gasteiger charge is -2.34. The minimum absolute atomic E-state index is 0.00973. The van der Waals surface area contributed by atoms with E-state index in [1.807, 2.05) is 68.4 Å². The summed E-state index contributed by atoms with van der Waals surface area (Å²) in [6, 6.07) is 16.6. The van der Waals surface area contributed by atoms with Gasteiger partial charge in [0, 0.05) is 26.2 Å². The second-order valence-corrected chi connectivity index (χ2v) is 10.4. The summed E-state index contributed by atoms with van der Waals surface area (Å²) in [5, 5.41) is 3.92. The summed E-state index contributed by atoms with van der Waals surface area (Å²) in [6.07, 6.45) is 0.265. The molecular weight excluding hydrogens is 454 g/mol. The summed E-state index contributed by atoms with van der Waals surface area (Å²) in [7, 11) is -3.40. The molecule has 2 aromatic carbocycles. The first-order chi connectivity index (χ1) is 16.3. The zero-order valence-electron chi connectivity index (χ0n) is 19.4. The first-order valence-corrected chi connectivity index (χ1v) is 12.9. The predicted octanol–water partition coefficient (Wildman–Crippen LogP) is 3.09. The van der Waals surface area contributed by atoms with E-state index in [9.17, 15) is 13.2 Å². The maximum absolute atomic E-state index is 12.8. The first kappa shape index (κ1) is 24.0. The number of aromatic nitrogens is 1. The van der Waals surface area contributed by atoms with Gasteiger partial charge < -0.3 is 14.2 Å². The standard InChI is InChI=1S/C25H29N3O5S/c1-19-24(20(2)33-26-19)17-32-23-10-8-21(9-11-23)16-25(29)27-12-14-28(15-13-27)34(30,31)18-22-6-4-3-5-7-22/h3-11H,12-18H2,1-2H3. The molecule has 0 saturated carbocycles. The molecule has 34 heavy (non-hydrogen) atoms. The molecule has 0 spiro atoms. The molecule has 1 saturated heterocycles. The smallest absolute Gasteiger partial charge is 0.227 e. The molecule has 180 valence electrons. The third kappa shape index (κ3) is 5.84. The Morgan fingerprint density at radius 1 is 0.971 bits per heavy atom. The van der Waals surface area contributed by atoms with Crippen molar-refractivity contribution in [3.63, 3.8) is 0 Å². The molecule has 1 amide bonds. The minimum atomic E-state index is -3.40. The van der Waals surface area contributed by atoms with Crippen molar-refractivity contribution in [3.05, 3.63) is 82.7 Å². The van der Waals surface area contributed by atoms with Crippen molar-refractivity contribution >= 4 is 15.9 Å². The van der Waals surface area contributed by atoms with Crippen molar-refractivity contribution in [1.29, 1.82) is 0 Å². The maximum Gasteiger partial charge on any atom is 0.227 e. The van der Waals surface area contributed by atoms with Crippen LogP contribution in [0.15, 0.2) is 59.1 Å². The Morgan fingerprint density at radius 2 is 1.65 bits per heavy atom. The Morgan fingerprint density at radius 3 is 2.26 bits per heavy atom. The summed E-state index contributed by atoms with van der Waals surface area (Å²) in [4.78, 5) is 14.5. The van der Waals surface area contributed by atoms with E-state index in [0.717, 1.165) is 28.1 Å². The number of aryl methyl sites for hydroxylation is 2. The van der Waals surface area contributed by atoms with Crippen LogP contribution in [-0.4, -0.2) is 54.9 Å². The average molecular weight is 484 g/mol. The van der Waals surface area contributed by atoms with Crippen LogP contribution in [0.3, 0.4) is 0 Å². The molecule has 4 rings (SSSR count). The van der Waals surface area contributed by atoms with Gasteiger partial charge in [-0.15, -0.1) is 0 Å². The monoisotopic (exact) mass is 483 g/mol. The number of rotatable bonds is 8. The van der Waals surface area contributed by atoms with Crippen molar-refractivity contribution < 1.29 is 22.5 Å². The van der Waals surface area contributed by atoms with Gasteiger partial charge in [0.15, 0.2) is 0 Å². The van der Waals surface area contributed by atoms with Crippen LogP contribution >= 0.6 is 0 Å². The van der Waals surface area contributed by atoms with Crippen LogP contribution < -0.4 is 4.74 Å². The van der Waals surface area contributed by atoms with Crippen LogP contribution in [0.2, 0.25) is 0 Å².